The van der Waals surface area contributed by atoms with Crippen LogP contribution in [0.4, 0.5) is 11.4 Å². The second-order valence-corrected chi connectivity index (χ2v) is 8.90. The van der Waals surface area contributed by atoms with Crippen molar-refractivity contribution in [3.05, 3.63) is 76.7 Å². The van der Waals surface area contributed by atoms with Gasteiger partial charge in [0.2, 0.25) is 0 Å². The fourth-order valence-corrected chi connectivity index (χ4v) is 3.76. The molecule has 0 spiro atoms. The molecule has 0 aliphatic heterocycles. The van der Waals surface area contributed by atoms with E-state index in [1.165, 1.54) is 0 Å². The van der Waals surface area contributed by atoms with Crippen LogP contribution >= 0.6 is 12.9 Å². The van der Waals surface area contributed by atoms with Crippen LogP contribution in [0.1, 0.15) is 12.6 Å². The van der Waals surface area contributed by atoms with E-state index in [1.54, 1.807) is 9.36 Å². The maximum atomic E-state index is 11.8. The molecule has 3 rings (SSSR count). The largest absolute Gasteiger partial charge is 1.00 e. The molecule has 0 bridgehead atoms. The van der Waals surface area contributed by atoms with Gasteiger partial charge in [-0.05, 0) is 38.1 Å². The maximum absolute atomic E-state index is 11.8. The number of nitrogen functional groups attached to an aromatic ring is 1. The third-order valence-electron chi connectivity index (χ3n) is 4.93. The van der Waals surface area contributed by atoms with Crippen molar-refractivity contribution >= 4 is 34.4 Å². The molecule has 0 aliphatic rings. The molecular formula is C22H31N4NaO7S2. The maximum Gasteiger partial charge on any atom is 1.00 e. The third kappa shape index (κ3) is 11.1. The number of hydrogen-bond acceptors (Lipinski definition) is 10. The molecule has 194 valence electrons. The van der Waals surface area contributed by atoms with E-state index < -0.39 is 22.0 Å². The molecule has 3 aromatic rings. The molecule has 1 atom stereocenters. The van der Waals surface area contributed by atoms with Gasteiger partial charge in [-0.25, -0.2) is 18.4 Å². The second kappa shape index (κ2) is 16.8. The molecule has 1 aromatic heterocycles. The first-order valence-corrected chi connectivity index (χ1v) is 12.4. The van der Waals surface area contributed by atoms with Gasteiger partial charge in [-0.2, -0.15) is 4.33 Å². The van der Waals surface area contributed by atoms with Crippen LogP contribution in [0, 0.1) is 6.92 Å². The Morgan fingerprint density at radius 1 is 1.19 bits per heavy atom. The van der Waals surface area contributed by atoms with Gasteiger partial charge in [0.1, 0.15) is 5.69 Å². The molecule has 0 saturated carbocycles. The van der Waals surface area contributed by atoms with E-state index in [4.69, 9.17) is 7.16 Å². The number of aliphatic hydroxyl groups excluding tert-OH is 1. The van der Waals surface area contributed by atoms with Gasteiger partial charge in [-0.3, -0.25) is 9.48 Å². The number of rotatable bonds is 8. The molecule has 0 aliphatic carbocycles. The second-order valence-electron chi connectivity index (χ2n) is 7.30. The number of nitrogens with zero attached hydrogens (tertiary/aromatic N) is 3. The Morgan fingerprint density at radius 3 is 2.08 bits per heavy atom. The van der Waals surface area contributed by atoms with Crippen LogP contribution in [0.25, 0.3) is 7.12 Å². The molecule has 1 heterocycles. The van der Waals surface area contributed by atoms with Crippen molar-refractivity contribution in [1.29, 1.82) is 1.43 Å². The minimum Gasteiger partial charge on any atom is -0.748 e. The molecule has 0 fully saturated rings. The summed E-state index contributed by atoms with van der Waals surface area (Å²) >= 11 is 3.01. The minimum absolute atomic E-state index is 0. The van der Waals surface area contributed by atoms with Gasteiger partial charge in [-0.15, -0.1) is 0 Å². The molecule has 0 saturated heterocycles. The van der Waals surface area contributed by atoms with Crippen LogP contribution < -0.4 is 45.8 Å². The molecule has 4 N–H and O–H groups in total. The van der Waals surface area contributed by atoms with Gasteiger partial charge >= 0.3 is 29.6 Å². The Balaban J connectivity index is 0.000000601. The summed E-state index contributed by atoms with van der Waals surface area (Å²) in [4.78, 5) is 13.6. The van der Waals surface area contributed by atoms with Crippen molar-refractivity contribution in [2.45, 2.75) is 20.0 Å². The Hall–Kier alpha value is -1.81. The van der Waals surface area contributed by atoms with Crippen molar-refractivity contribution < 1.29 is 57.2 Å². The predicted molar refractivity (Wildman–Crippen MR) is 138 cm³/mol. The minimum atomic E-state index is -4.39. The van der Waals surface area contributed by atoms with Gasteiger partial charge in [0, 0.05) is 38.7 Å². The number of thiol groups is 1. The molecule has 0 radical (unpaired) electrons. The Bertz CT molecular complexity index is 1210. The number of benzene rings is 2. The van der Waals surface area contributed by atoms with Crippen LogP contribution in [0.3, 0.4) is 0 Å². The molecule has 1 unspecified atom stereocenters. The number of anilines is 2. The smallest absolute Gasteiger partial charge is 0.748 e. The summed E-state index contributed by atoms with van der Waals surface area (Å²) in [6.07, 6.45) is -1.17. The summed E-state index contributed by atoms with van der Waals surface area (Å²) in [7, 11) is -2.57. The molecular weight excluding hydrogens is 519 g/mol. The van der Waals surface area contributed by atoms with E-state index in [9.17, 15) is 22.9 Å². The number of para-hydroxylation sites is 2. The van der Waals surface area contributed by atoms with Gasteiger partial charge in [-0.1, -0.05) is 36.4 Å². The average Bonchev–Trinajstić information content (AvgIpc) is 3.05. The summed E-state index contributed by atoms with van der Waals surface area (Å²) in [5, 5.41) is 12.7. The zero-order valence-corrected chi connectivity index (χ0v) is 24.4. The number of aromatic nitrogens is 2. The number of hydrogen-bond donors (Lipinski definition) is 4. The van der Waals surface area contributed by atoms with Gasteiger partial charge in [0.15, 0.2) is 0 Å². The van der Waals surface area contributed by atoms with Gasteiger partial charge < -0.3 is 20.3 Å². The first-order valence-electron chi connectivity index (χ1n) is 10.8. The summed E-state index contributed by atoms with van der Waals surface area (Å²) in [6, 6.07) is 18.7. The molecule has 0 amide bonds. The van der Waals surface area contributed by atoms with Crippen molar-refractivity contribution in [3.63, 3.8) is 0 Å². The SMILES string of the molecule is CCN(CC(O)CS(=O)(=O)[O-])c1ccccc1.Cc1c(N)c(=O)n(-c2ccccc2)n1C.[3H]OOS.[Na+]. The first-order chi connectivity index (χ1) is 17.0. The summed E-state index contributed by atoms with van der Waals surface area (Å²) in [5.74, 6) is -0.754. The van der Waals surface area contributed by atoms with E-state index in [0.29, 0.717) is 12.2 Å². The van der Waals surface area contributed by atoms with Crippen LogP contribution in [0.15, 0.2) is 65.5 Å². The average molecular weight is 553 g/mol. The van der Waals surface area contributed by atoms with Crippen LogP contribution in [0.2, 0.25) is 0 Å². The number of aliphatic hydroxyl groups is 1. The van der Waals surface area contributed by atoms with Crippen molar-refractivity contribution in [3.8, 4) is 5.69 Å². The van der Waals surface area contributed by atoms with Crippen molar-refractivity contribution in [2.24, 2.45) is 7.05 Å². The summed E-state index contributed by atoms with van der Waals surface area (Å²) in [6.45, 7) is 4.48. The number of nitrogens with two attached hydrogens (primary N) is 1. The summed E-state index contributed by atoms with van der Waals surface area (Å²) in [5.41, 5.74) is 8.32. The van der Waals surface area contributed by atoms with Crippen LogP contribution in [-0.2, 0) is 21.5 Å². The zero-order valence-electron chi connectivity index (χ0n) is 21.6. The van der Waals surface area contributed by atoms with Gasteiger partial charge in [0.05, 0.1) is 33.4 Å². The van der Waals surface area contributed by atoms with Crippen LogP contribution in [-0.4, -0.2) is 57.6 Å². The molecule has 11 nitrogen and oxygen atoms in total. The monoisotopic (exact) mass is 552 g/mol. The quantitative estimate of drug-likeness (QED) is 0.0672. The fourth-order valence-electron chi connectivity index (χ4n) is 3.19. The standard InChI is InChI=1S/C11H13N3O.C11H17NO4S.Na.H2O2S/c1-8-10(12)11(15)14(13(8)2)9-6-4-3-5-7-9;1-2-12(10-6-4-3-5-7-10)8-11(13)9-17(14,15)16;;1-2-3/h3-7H,12H2,1-2H3;3-7,11,13H,2,8-9H2,1H3,(H,14,15,16);;1,3H/q;;+1;/p-1/i/hT. The molecule has 14 heteroatoms. The van der Waals surface area contributed by atoms with Gasteiger partial charge in [0.25, 0.3) is 6.99 Å². The van der Waals surface area contributed by atoms with E-state index in [-0.39, 0.29) is 41.7 Å². The summed E-state index contributed by atoms with van der Waals surface area (Å²) < 4.78 is 43.9. The van der Waals surface area contributed by atoms with E-state index >= 15 is 0 Å². The normalized spacial score (nSPS) is 11.6. The van der Waals surface area contributed by atoms with E-state index in [0.717, 1.165) is 17.1 Å². The fraction of sp³-hybridized carbons (Fsp3) is 0.318. The Morgan fingerprint density at radius 2 is 1.69 bits per heavy atom. The van der Waals surface area contributed by atoms with Crippen LogP contribution in [0.5, 0.6) is 0 Å². The molecule has 2 aromatic carbocycles. The third-order valence-corrected chi connectivity index (χ3v) is 5.72. The van der Waals surface area contributed by atoms with Crippen molar-refractivity contribution in [1.82, 2.24) is 9.36 Å². The van der Waals surface area contributed by atoms with Crippen molar-refractivity contribution in [2.75, 3.05) is 29.5 Å². The predicted octanol–water partition coefficient (Wildman–Crippen LogP) is -1.19. The zero-order chi connectivity index (χ0) is 27.3. The Kier molecular flexibility index (Phi) is 15.1. The Labute approximate surface area is 240 Å². The van der Waals surface area contributed by atoms with E-state index in [1.807, 2.05) is 86.5 Å². The molecule has 36 heavy (non-hydrogen) atoms. The topological polar surface area (TPSA) is 163 Å². The van der Waals surface area contributed by atoms with E-state index in [2.05, 4.69) is 22.5 Å². The first kappa shape index (κ1) is 32.2. The number of likely N-dealkylation sites (N-methyl/N-ethyl adjacent to an activating group) is 1.